The van der Waals surface area contributed by atoms with E-state index in [9.17, 15) is 18.8 Å². The number of carbonyl (C=O) groups is 3. The maximum absolute atomic E-state index is 12.9. The monoisotopic (exact) mass is 497 g/mol. The Balaban J connectivity index is 1.67. The van der Waals surface area contributed by atoms with E-state index in [0.717, 1.165) is 17.7 Å². The molecule has 0 spiro atoms. The molecular weight excluding hydrogens is 481 g/mol. The number of halogens is 2. The highest BCUT2D eigenvalue weighted by molar-refractivity contribution is 9.10. The molecule has 0 aliphatic heterocycles. The van der Waals surface area contributed by atoms with E-state index in [2.05, 4.69) is 31.8 Å². The third kappa shape index (κ3) is 6.08. The number of esters is 1. The first-order chi connectivity index (χ1) is 15.3. The van der Waals surface area contributed by atoms with Gasteiger partial charge in [0.05, 0.1) is 11.8 Å². The van der Waals surface area contributed by atoms with Crippen molar-refractivity contribution in [3.63, 3.8) is 0 Å². The molecule has 0 atom stereocenters. The van der Waals surface area contributed by atoms with Gasteiger partial charge in [0.2, 0.25) is 0 Å². The van der Waals surface area contributed by atoms with E-state index in [1.165, 1.54) is 18.3 Å². The van der Waals surface area contributed by atoms with Crippen LogP contribution >= 0.6 is 15.9 Å². The highest BCUT2D eigenvalue weighted by Crippen LogP contribution is 2.23. The molecule has 0 unspecified atom stereocenters. The lowest BCUT2D eigenvalue weighted by Crippen LogP contribution is -2.32. The van der Waals surface area contributed by atoms with Gasteiger partial charge in [0.1, 0.15) is 11.6 Å². The van der Waals surface area contributed by atoms with Gasteiger partial charge in [-0.25, -0.2) is 14.6 Å². The van der Waals surface area contributed by atoms with Crippen LogP contribution in [0.3, 0.4) is 0 Å². The third-order valence-corrected chi connectivity index (χ3v) is 4.71. The van der Waals surface area contributed by atoms with Crippen molar-refractivity contribution in [2.75, 3.05) is 5.32 Å². The van der Waals surface area contributed by atoms with Crippen LogP contribution in [-0.4, -0.2) is 24.0 Å². The SMILES string of the molecule is Cc1ccccc1C(=O)Oc1ccc(Br)cc1/C=N\NC(=O)C(=O)Nc1ccc(F)cc1. The summed E-state index contributed by atoms with van der Waals surface area (Å²) in [6.45, 7) is 1.80. The number of benzene rings is 3. The van der Waals surface area contributed by atoms with Crippen molar-refractivity contribution in [1.82, 2.24) is 5.43 Å². The summed E-state index contributed by atoms with van der Waals surface area (Å²) in [6.07, 6.45) is 1.24. The molecule has 0 bridgehead atoms. The molecule has 3 aromatic carbocycles. The van der Waals surface area contributed by atoms with Gasteiger partial charge in [-0.15, -0.1) is 0 Å². The molecule has 9 heteroatoms. The lowest BCUT2D eigenvalue weighted by Gasteiger charge is -2.09. The fraction of sp³-hybridized carbons (Fsp3) is 0.0435. The van der Waals surface area contributed by atoms with E-state index < -0.39 is 23.6 Å². The van der Waals surface area contributed by atoms with Gasteiger partial charge in [-0.05, 0) is 61.0 Å². The smallest absolute Gasteiger partial charge is 0.343 e. The van der Waals surface area contributed by atoms with Crippen molar-refractivity contribution in [3.05, 3.63) is 93.7 Å². The average Bonchev–Trinajstić information content (AvgIpc) is 2.77. The van der Waals surface area contributed by atoms with E-state index in [0.29, 0.717) is 15.6 Å². The van der Waals surface area contributed by atoms with Crippen LogP contribution in [-0.2, 0) is 9.59 Å². The van der Waals surface area contributed by atoms with Crippen LogP contribution in [0.5, 0.6) is 5.75 Å². The zero-order chi connectivity index (χ0) is 23.1. The number of hydrazone groups is 1. The first-order valence-electron chi connectivity index (χ1n) is 9.31. The Morgan fingerprint density at radius 1 is 1.00 bits per heavy atom. The van der Waals surface area contributed by atoms with Gasteiger partial charge in [0, 0.05) is 15.7 Å². The summed E-state index contributed by atoms with van der Waals surface area (Å²) < 4.78 is 19.1. The summed E-state index contributed by atoms with van der Waals surface area (Å²) in [7, 11) is 0. The standard InChI is InChI=1S/C23H17BrFN3O4/c1-14-4-2-3-5-19(14)23(31)32-20-11-6-16(24)12-15(20)13-26-28-22(30)21(29)27-18-9-7-17(25)8-10-18/h2-13H,1H3,(H,27,29)(H,28,30)/b26-13-. The fourth-order valence-electron chi connectivity index (χ4n) is 2.60. The van der Waals surface area contributed by atoms with E-state index in [1.54, 1.807) is 43.3 Å². The van der Waals surface area contributed by atoms with Gasteiger partial charge < -0.3 is 10.1 Å². The number of hydrogen-bond donors (Lipinski definition) is 2. The van der Waals surface area contributed by atoms with Crippen LogP contribution < -0.4 is 15.5 Å². The van der Waals surface area contributed by atoms with Gasteiger partial charge in [-0.3, -0.25) is 9.59 Å². The lowest BCUT2D eigenvalue weighted by molar-refractivity contribution is -0.136. The Morgan fingerprint density at radius 2 is 1.72 bits per heavy atom. The second-order valence-corrected chi connectivity index (χ2v) is 7.46. The number of aryl methyl sites for hydroxylation is 1. The maximum Gasteiger partial charge on any atom is 0.343 e. The summed E-state index contributed by atoms with van der Waals surface area (Å²) in [6, 6.07) is 16.8. The molecule has 0 heterocycles. The average molecular weight is 498 g/mol. The number of amides is 2. The Morgan fingerprint density at radius 3 is 2.44 bits per heavy atom. The molecule has 3 aromatic rings. The second-order valence-electron chi connectivity index (χ2n) is 6.55. The molecule has 0 aliphatic carbocycles. The van der Waals surface area contributed by atoms with Crippen molar-refractivity contribution in [2.45, 2.75) is 6.92 Å². The lowest BCUT2D eigenvalue weighted by atomic mass is 10.1. The minimum Gasteiger partial charge on any atom is -0.422 e. The van der Waals surface area contributed by atoms with Crippen LogP contribution in [0.15, 0.2) is 76.3 Å². The number of carbonyl (C=O) groups excluding carboxylic acids is 3. The molecule has 0 aliphatic rings. The van der Waals surface area contributed by atoms with Gasteiger partial charge in [-0.2, -0.15) is 5.10 Å². The Labute approximate surface area is 191 Å². The topological polar surface area (TPSA) is 96.9 Å². The first kappa shape index (κ1) is 22.8. The molecule has 3 rings (SSSR count). The summed E-state index contributed by atoms with van der Waals surface area (Å²) in [5.74, 6) is -2.80. The molecular formula is C23H17BrFN3O4. The normalized spacial score (nSPS) is 10.6. The maximum atomic E-state index is 12.9. The van der Waals surface area contributed by atoms with E-state index in [1.807, 2.05) is 6.07 Å². The van der Waals surface area contributed by atoms with Crippen molar-refractivity contribution >= 4 is 45.6 Å². The summed E-state index contributed by atoms with van der Waals surface area (Å²) in [5, 5.41) is 6.08. The van der Waals surface area contributed by atoms with E-state index >= 15 is 0 Å². The van der Waals surface area contributed by atoms with Crippen molar-refractivity contribution in [2.24, 2.45) is 5.10 Å². The predicted molar refractivity (Wildman–Crippen MR) is 121 cm³/mol. The number of rotatable bonds is 5. The molecule has 0 radical (unpaired) electrons. The van der Waals surface area contributed by atoms with Crippen LogP contribution in [0.4, 0.5) is 10.1 Å². The molecule has 32 heavy (non-hydrogen) atoms. The van der Waals surface area contributed by atoms with Crippen LogP contribution in [0, 0.1) is 12.7 Å². The number of nitrogens with zero attached hydrogens (tertiary/aromatic N) is 1. The number of anilines is 1. The third-order valence-electron chi connectivity index (χ3n) is 4.22. The zero-order valence-electron chi connectivity index (χ0n) is 16.8. The molecule has 0 saturated carbocycles. The van der Waals surface area contributed by atoms with Crippen molar-refractivity contribution < 1.29 is 23.5 Å². The largest absolute Gasteiger partial charge is 0.422 e. The van der Waals surface area contributed by atoms with Crippen molar-refractivity contribution in [1.29, 1.82) is 0 Å². The molecule has 0 aromatic heterocycles. The number of ether oxygens (including phenoxy) is 1. The van der Waals surface area contributed by atoms with Gasteiger partial charge in [-0.1, -0.05) is 34.1 Å². The molecule has 0 fully saturated rings. The highest BCUT2D eigenvalue weighted by Gasteiger charge is 2.15. The minimum atomic E-state index is -1.03. The van der Waals surface area contributed by atoms with Gasteiger partial charge >= 0.3 is 17.8 Å². The van der Waals surface area contributed by atoms with E-state index in [-0.39, 0.29) is 11.4 Å². The molecule has 0 saturated heterocycles. The quantitative estimate of drug-likeness (QED) is 0.181. The number of nitrogens with one attached hydrogen (secondary N) is 2. The Hall–Kier alpha value is -3.85. The van der Waals surface area contributed by atoms with Crippen LogP contribution in [0.25, 0.3) is 0 Å². The first-order valence-corrected chi connectivity index (χ1v) is 10.1. The highest BCUT2D eigenvalue weighted by atomic mass is 79.9. The van der Waals surface area contributed by atoms with Crippen LogP contribution in [0.1, 0.15) is 21.5 Å². The predicted octanol–water partition coefficient (Wildman–Crippen LogP) is 4.20. The van der Waals surface area contributed by atoms with Crippen molar-refractivity contribution in [3.8, 4) is 5.75 Å². The molecule has 2 N–H and O–H groups in total. The Bertz CT molecular complexity index is 1200. The van der Waals surface area contributed by atoms with Gasteiger partial charge in [0.25, 0.3) is 0 Å². The number of hydrogen-bond acceptors (Lipinski definition) is 5. The fourth-order valence-corrected chi connectivity index (χ4v) is 2.98. The van der Waals surface area contributed by atoms with Crippen LogP contribution in [0.2, 0.25) is 0 Å². The summed E-state index contributed by atoms with van der Waals surface area (Å²) in [4.78, 5) is 36.4. The zero-order valence-corrected chi connectivity index (χ0v) is 18.4. The summed E-state index contributed by atoms with van der Waals surface area (Å²) in [5.41, 5.74) is 3.93. The molecule has 7 nitrogen and oxygen atoms in total. The minimum absolute atomic E-state index is 0.218. The molecule has 2 amide bonds. The second kappa shape index (κ2) is 10.5. The Kier molecular flexibility index (Phi) is 7.45. The van der Waals surface area contributed by atoms with E-state index in [4.69, 9.17) is 4.74 Å². The summed E-state index contributed by atoms with van der Waals surface area (Å²) >= 11 is 3.32. The molecule has 162 valence electrons. The van der Waals surface area contributed by atoms with Gasteiger partial charge in [0.15, 0.2) is 0 Å².